The van der Waals surface area contributed by atoms with E-state index in [1.807, 2.05) is 29.3 Å². The third-order valence-electron chi connectivity index (χ3n) is 6.24. The first-order chi connectivity index (χ1) is 13.2. The van der Waals surface area contributed by atoms with Crippen molar-refractivity contribution in [2.75, 3.05) is 13.1 Å². The molecule has 5 rings (SSSR count). The summed E-state index contributed by atoms with van der Waals surface area (Å²) in [4.78, 5) is 26.9. The van der Waals surface area contributed by atoms with Crippen molar-refractivity contribution in [1.29, 1.82) is 0 Å². The van der Waals surface area contributed by atoms with Gasteiger partial charge in [-0.1, -0.05) is 6.42 Å². The summed E-state index contributed by atoms with van der Waals surface area (Å²) in [6.07, 6.45) is 8.58. The predicted octanol–water partition coefficient (Wildman–Crippen LogP) is 3.50. The van der Waals surface area contributed by atoms with Gasteiger partial charge in [-0.2, -0.15) is 0 Å². The van der Waals surface area contributed by atoms with E-state index in [-0.39, 0.29) is 5.91 Å². The number of aromatic amines is 1. The van der Waals surface area contributed by atoms with E-state index in [1.165, 1.54) is 30.8 Å². The molecule has 1 aliphatic heterocycles. The molecule has 1 saturated heterocycles. The molecule has 0 spiro atoms. The van der Waals surface area contributed by atoms with Crippen molar-refractivity contribution < 1.29 is 4.79 Å². The summed E-state index contributed by atoms with van der Waals surface area (Å²) in [6, 6.07) is 5.70. The summed E-state index contributed by atoms with van der Waals surface area (Å²) >= 11 is 0. The molecular weight excluding hydrogens is 338 g/mol. The topological polar surface area (TPSA) is 66.8 Å². The first-order valence-corrected chi connectivity index (χ1v) is 9.93. The molecule has 3 heterocycles. The van der Waals surface area contributed by atoms with Crippen LogP contribution in [-0.4, -0.2) is 43.4 Å². The van der Waals surface area contributed by atoms with Gasteiger partial charge in [0.2, 0.25) is 0 Å². The lowest BCUT2D eigenvalue weighted by molar-refractivity contribution is 0.0786. The fraction of sp³-hybridized carbons (Fsp3) is 0.476. The van der Waals surface area contributed by atoms with Gasteiger partial charge >= 0.3 is 0 Å². The zero-order chi connectivity index (χ0) is 18.4. The van der Waals surface area contributed by atoms with Crippen molar-refractivity contribution in [1.82, 2.24) is 24.4 Å². The molecule has 1 aliphatic carbocycles. The SMILES string of the molecule is Cc1cnc(C2CCC2)n1CC1CCN(C(=O)c2ccc3nc[nH]c3c2)C1. The number of likely N-dealkylation sites (tertiary alicyclic amines) is 1. The number of carbonyl (C=O) groups is 1. The highest BCUT2D eigenvalue weighted by molar-refractivity contribution is 5.97. The van der Waals surface area contributed by atoms with E-state index in [9.17, 15) is 4.79 Å². The maximum Gasteiger partial charge on any atom is 0.253 e. The van der Waals surface area contributed by atoms with Gasteiger partial charge in [-0.05, 0) is 50.3 Å². The predicted molar refractivity (Wildman–Crippen MR) is 104 cm³/mol. The Morgan fingerprint density at radius 3 is 2.96 bits per heavy atom. The number of imidazole rings is 2. The average Bonchev–Trinajstić information content (AvgIpc) is 3.35. The fourth-order valence-corrected chi connectivity index (χ4v) is 4.38. The molecule has 0 bridgehead atoms. The van der Waals surface area contributed by atoms with Crippen LogP contribution in [0.2, 0.25) is 0 Å². The summed E-state index contributed by atoms with van der Waals surface area (Å²) in [7, 11) is 0. The molecule has 1 aromatic carbocycles. The number of nitrogens with zero attached hydrogens (tertiary/aromatic N) is 4. The number of nitrogens with one attached hydrogen (secondary N) is 1. The Kier molecular flexibility index (Phi) is 3.99. The van der Waals surface area contributed by atoms with Crippen molar-refractivity contribution in [2.45, 2.75) is 45.1 Å². The van der Waals surface area contributed by atoms with Gasteiger partial charge in [-0.25, -0.2) is 9.97 Å². The number of carbonyl (C=O) groups excluding carboxylic acids is 1. The van der Waals surface area contributed by atoms with Crippen LogP contribution in [0, 0.1) is 12.8 Å². The van der Waals surface area contributed by atoms with Crippen LogP contribution in [0.5, 0.6) is 0 Å². The number of hydrogen-bond donors (Lipinski definition) is 1. The van der Waals surface area contributed by atoms with E-state index in [0.717, 1.165) is 42.7 Å². The van der Waals surface area contributed by atoms with Crippen LogP contribution in [0.15, 0.2) is 30.7 Å². The van der Waals surface area contributed by atoms with Gasteiger partial charge in [0.1, 0.15) is 5.82 Å². The number of H-pyrrole nitrogens is 1. The third kappa shape index (κ3) is 2.93. The standard InChI is InChI=1S/C21H25N5O/c1-14-10-22-20(16-3-2-4-16)26(14)12-15-7-8-25(11-15)21(27)17-5-6-18-19(9-17)24-13-23-18/h5-6,9-10,13,15-16H,2-4,7-8,11-12H2,1H3,(H,23,24). The summed E-state index contributed by atoms with van der Waals surface area (Å²) < 4.78 is 2.40. The van der Waals surface area contributed by atoms with Gasteiger partial charge in [0.25, 0.3) is 5.91 Å². The van der Waals surface area contributed by atoms with Gasteiger partial charge in [-0.3, -0.25) is 4.79 Å². The Morgan fingerprint density at radius 1 is 1.26 bits per heavy atom. The van der Waals surface area contributed by atoms with Crippen molar-refractivity contribution >= 4 is 16.9 Å². The van der Waals surface area contributed by atoms with Crippen LogP contribution < -0.4 is 0 Å². The molecule has 2 aliphatic rings. The Hall–Kier alpha value is -2.63. The number of hydrogen-bond acceptors (Lipinski definition) is 3. The lowest BCUT2D eigenvalue weighted by Gasteiger charge is -2.27. The number of benzene rings is 1. The molecular formula is C21H25N5O. The second-order valence-corrected chi connectivity index (χ2v) is 8.04. The normalized spacial score (nSPS) is 20.3. The zero-order valence-electron chi connectivity index (χ0n) is 15.7. The molecule has 0 radical (unpaired) electrons. The largest absolute Gasteiger partial charge is 0.345 e. The number of aromatic nitrogens is 4. The van der Waals surface area contributed by atoms with Crippen molar-refractivity contribution in [3.63, 3.8) is 0 Å². The van der Waals surface area contributed by atoms with Crippen LogP contribution in [-0.2, 0) is 6.54 Å². The van der Waals surface area contributed by atoms with Crippen molar-refractivity contribution in [2.24, 2.45) is 5.92 Å². The van der Waals surface area contributed by atoms with E-state index in [2.05, 4.69) is 26.4 Å². The second kappa shape index (κ2) is 6.51. The molecule has 1 saturated carbocycles. The van der Waals surface area contributed by atoms with Gasteiger partial charge in [0.05, 0.1) is 17.4 Å². The third-order valence-corrected chi connectivity index (χ3v) is 6.24. The fourth-order valence-electron chi connectivity index (χ4n) is 4.38. The highest BCUT2D eigenvalue weighted by Crippen LogP contribution is 2.36. The average molecular weight is 363 g/mol. The van der Waals surface area contributed by atoms with E-state index in [4.69, 9.17) is 0 Å². The number of rotatable bonds is 4. The Balaban J connectivity index is 1.28. The molecule has 1 amide bonds. The minimum atomic E-state index is 0.121. The smallest absolute Gasteiger partial charge is 0.253 e. The first-order valence-electron chi connectivity index (χ1n) is 9.93. The summed E-state index contributed by atoms with van der Waals surface area (Å²) in [6.45, 7) is 4.77. The van der Waals surface area contributed by atoms with Gasteiger partial charge in [-0.15, -0.1) is 0 Å². The first kappa shape index (κ1) is 16.5. The van der Waals surface area contributed by atoms with E-state index in [0.29, 0.717) is 11.8 Å². The summed E-state index contributed by atoms with van der Waals surface area (Å²) in [5, 5.41) is 0. The molecule has 6 heteroatoms. The maximum atomic E-state index is 12.9. The van der Waals surface area contributed by atoms with Crippen LogP contribution >= 0.6 is 0 Å². The van der Waals surface area contributed by atoms with Crippen LogP contribution in [0.25, 0.3) is 11.0 Å². The highest BCUT2D eigenvalue weighted by atomic mass is 16.2. The van der Waals surface area contributed by atoms with E-state index in [1.54, 1.807) is 6.33 Å². The molecule has 2 fully saturated rings. The molecule has 1 unspecified atom stereocenters. The molecule has 27 heavy (non-hydrogen) atoms. The minimum Gasteiger partial charge on any atom is -0.345 e. The van der Waals surface area contributed by atoms with E-state index >= 15 is 0 Å². The Bertz CT molecular complexity index is 984. The van der Waals surface area contributed by atoms with Crippen LogP contribution in [0.3, 0.4) is 0 Å². The van der Waals surface area contributed by atoms with Crippen molar-refractivity contribution in [3.05, 3.63) is 47.8 Å². The van der Waals surface area contributed by atoms with Gasteiger partial charge in [0.15, 0.2) is 0 Å². The van der Waals surface area contributed by atoms with Crippen LogP contribution in [0.1, 0.15) is 53.5 Å². The molecule has 3 aromatic rings. The summed E-state index contributed by atoms with van der Waals surface area (Å²) in [5.41, 5.74) is 3.79. The van der Waals surface area contributed by atoms with Gasteiger partial charge < -0.3 is 14.5 Å². The lowest BCUT2D eigenvalue weighted by Crippen LogP contribution is -2.29. The number of amides is 1. The van der Waals surface area contributed by atoms with Crippen LogP contribution in [0.4, 0.5) is 0 Å². The molecule has 140 valence electrons. The monoisotopic (exact) mass is 363 g/mol. The summed E-state index contributed by atoms with van der Waals surface area (Å²) in [5.74, 6) is 2.51. The van der Waals surface area contributed by atoms with E-state index < -0.39 is 0 Å². The number of fused-ring (bicyclic) bond motifs is 1. The lowest BCUT2D eigenvalue weighted by atomic mass is 9.84. The minimum absolute atomic E-state index is 0.121. The van der Waals surface area contributed by atoms with Gasteiger partial charge in [0, 0.05) is 43.0 Å². The Labute approximate surface area is 158 Å². The molecule has 2 aromatic heterocycles. The molecule has 1 N–H and O–H groups in total. The second-order valence-electron chi connectivity index (χ2n) is 8.04. The number of aryl methyl sites for hydroxylation is 1. The molecule has 6 nitrogen and oxygen atoms in total. The zero-order valence-corrected chi connectivity index (χ0v) is 15.7. The quantitative estimate of drug-likeness (QED) is 0.771. The maximum absolute atomic E-state index is 12.9. The molecule has 1 atom stereocenters. The van der Waals surface area contributed by atoms with Crippen molar-refractivity contribution in [3.8, 4) is 0 Å². The Morgan fingerprint density at radius 2 is 2.15 bits per heavy atom. The highest BCUT2D eigenvalue weighted by Gasteiger charge is 2.30.